The molecule has 1 N–H and O–H groups in total. The summed E-state index contributed by atoms with van der Waals surface area (Å²) in [7, 11) is 0. The van der Waals surface area contributed by atoms with E-state index in [9.17, 15) is 5.11 Å². The van der Waals surface area contributed by atoms with Gasteiger partial charge in [-0.25, -0.2) is 0 Å². The van der Waals surface area contributed by atoms with Crippen molar-refractivity contribution in [3.05, 3.63) is 36.7 Å². The highest BCUT2D eigenvalue weighted by molar-refractivity contribution is 5.85. The average Bonchev–Trinajstić information content (AvgIpc) is 2.57. The van der Waals surface area contributed by atoms with Crippen LogP contribution in [0.2, 0.25) is 0 Å². The third-order valence-corrected chi connectivity index (χ3v) is 1.52. The summed E-state index contributed by atoms with van der Waals surface area (Å²) < 4.78 is 0. The smallest absolute Gasteiger partial charge is 0.143 e. The molecule has 0 spiro atoms. The molecule has 0 unspecified atom stereocenters. The van der Waals surface area contributed by atoms with E-state index in [1.54, 1.807) is 30.6 Å². The van der Waals surface area contributed by atoms with E-state index in [2.05, 4.69) is 10.2 Å². The van der Waals surface area contributed by atoms with Gasteiger partial charge in [0, 0.05) is 0 Å². The van der Waals surface area contributed by atoms with Gasteiger partial charge in [0.15, 0.2) is 0 Å². The Hall–Kier alpha value is -1.55. The van der Waals surface area contributed by atoms with Gasteiger partial charge in [-0.15, -0.1) is 17.2 Å². The van der Waals surface area contributed by atoms with Crippen LogP contribution in [0.1, 0.15) is 0 Å². The van der Waals surface area contributed by atoms with Crippen molar-refractivity contribution >= 4 is 12.4 Å². The van der Waals surface area contributed by atoms with Crippen molar-refractivity contribution in [1.29, 1.82) is 0 Å². The Morgan fingerprint density at radius 1 is 1.08 bits per heavy atom. The van der Waals surface area contributed by atoms with Crippen LogP contribution >= 0.6 is 12.4 Å². The van der Waals surface area contributed by atoms with Crippen LogP contribution in [-0.2, 0) is 0 Å². The number of halogens is 1. The normalized spacial score (nSPS) is 9.23. The van der Waals surface area contributed by atoms with Crippen molar-refractivity contribution in [2.75, 3.05) is 0 Å². The Kier molecular flexibility index (Phi) is 2.87. The van der Waals surface area contributed by atoms with Crippen LogP contribution in [-0.4, -0.2) is 20.1 Å². The number of aromatic hydroxyl groups is 1. The van der Waals surface area contributed by atoms with Crippen LogP contribution in [0.15, 0.2) is 36.7 Å². The molecule has 2 aromatic rings. The molecule has 1 aromatic heterocycles. The standard InChI is InChI=1S/C8H7N3O.ClH/c12-8-4-2-1-3-7(8)11-9-5-6-10-11;/h1-6,12H;1H. The molecule has 0 bridgehead atoms. The highest BCUT2D eigenvalue weighted by Gasteiger charge is 2.01. The zero-order chi connectivity index (χ0) is 8.39. The Balaban J connectivity index is 0.000000845. The summed E-state index contributed by atoms with van der Waals surface area (Å²) in [5, 5.41) is 17.2. The predicted octanol–water partition coefficient (Wildman–Crippen LogP) is 1.39. The minimum Gasteiger partial charge on any atom is -0.506 e. The third kappa shape index (κ3) is 1.78. The second kappa shape index (κ2) is 3.91. The second-order valence-electron chi connectivity index (χ2n) is 2.31. The predicted molar refractivity (Wildman–Crippen MR) is 50.3 cm³/mol. The Bertz CT molecular complexity index is 375. The fourth-order valence-corrected chi connectivity index (χ4v) is 0.973. The summed E-state index contributed by atoms with van der Waals surface area (Å²) in [4.78, 5) is 1.37. The molecular formula is C8H8ClN3O. The SMILES string of the molecule is Cl.Oc1ccccc1-n1nccn1. The number of para-hydroxylation sites is 2. The van der Waals surface area contributed by atoms with Crippen LogP contribution < -0.4 is 0 Å². The van der Waals surface area contributed by atoms with Gasteiger partial charge >= 0.3 is 0 Å². The first-order chi connectivity index (χ1) is 5.88. The molecule has 0 fully saturated rings. The average molecular weight is 198 g/mol. The number of phenols is 1. The van der Waals surface area contributed by atoms with E-state index in [0.29, 0.717) is 5.69 Å². The van der Waals surface area contributed by atoms with Gasteiger partial charge < -0.3 is 5.11 Å². The lowest BCUT2D eigenvalue weighted by atomic mass is 10.3. The van der Waals surface area contributed by atoms with E-state index in [0.717, 1.165) is 0 Å². The van der Waals surface area contributed by atoms with E-state index in [-0.39, 0.29) is 18.2 Å². The number of aromatic nitrogens is 3. The van der Waals surface area contributed by atoms with Crippen molar-refractivity contribution in [1.82, 2.24) is 15.0 Å². The summed E-state index contributed by atoms with van der Waals surface area (Å²) >= 11 is 0. The van der Waals surface area contributed by atoms with E-state index in [1.165, 1.54) is 4.80 Å². The zero-order valence-corrected chi connectivity index (χ0v) is 7.48. The van der Waals surface area contributed by atoms with Crippen LogP contribution in [0.25, 0.3) is 5.69 Å². The van der Waals surface area contributed by atoms with Crippen molar-refractivity contribution in [3.8, 4) is 11.4 Å². The van der Waals surface area contributed by atoms with Crippen molar-refractivity contribution in [3.63, 3.8) is 0 Å². The van der Waals surface area contributed by atoms with Crippen molar-refractivity contribution in [2.45, 2.75) is 0 Å². The molecule has 13 heavy (non-hydrogen) atoms. The van der Waals surface area contributed by atoms with Gasteiger partial charge in [-0.05, 0) is 12.1 Å². The summed E-state index contributed by atoms with van der Waals surface area (Å²) in [6, 6.07) is 6.91. The van der Waals surface area contributed by atoms with Gasteiger partial charge in [-0.2, -0.15) is 10.2 Å². The van der Waals surface area contributed by atoms with Gasteiger partial charge in [0.25, 0.3) is 0 Å². The molecule has 4 nitrogen and oxygen atoms in total. The molecule has 0 radical (unpaired) electrons. The van der Waals surface area contributed by atoms with E-state index in [4.69, 9.17) is 0 Å². The maximum atomic E-state index is 9.38. The van der Waals surface area contributed by atoms with Crippen LogP contribution in [0.5, 0.6) is 5.75 Å². The molecular weight excluding hydrogens is 190 g/mol. The first-order valence-corrected chi connectivity index (χ1v) is 3.52. The van der Waals surface area contributed by atoms with Gasteiger partial charge in [0.05, 0.1) is 12.4 Å². The number of benzene rings is 1. The lowest BCUT2D eigenvalue weighted by Crippen LogP contribution is -1.97. The van der Waals surface area contributed by atoms with Crippen molar-refractivity contribution in [2.24, 2.45) is 0 Å². The minimum atomic E-state index is 0. The molecule has 1 aromatic carbocycles. The monoisotopic (exact) mass is 197 g/mol. The minimum absolute atomic E-state index is 0. The van der Waals surface area contributed by atoms with E-state index >= 15 is 0 Å². The number of nitrogens with zero attached hydrogens (tertiary/aromatic N) is 3. The number of hydrogen-bond acceptors (Lipinski definition) is 3. The fourth-order valence-electron chi connectivity index (χ4n) is 0.973. The first kappa shape index (κ1) is 9.54. The fraction of sp³-hybridized carbons (Fsp3) is 0. The van der Waals surface area contributed by atoms with Crippen LogP contribution in [0, 0.1) is 0 Å². The lowest BCUT2D eigenvalue weighted by molar-refractivity contribution is 0.467. The molecule has 0 aliphatic carbocycles. The van der Waals surface area contributed by atoms with Crippen molar-refractivity contribution < 1.29 is 5.11 Å². The van der Waals surface area contributed by atoms with Crippen LogP contribution in [0.3, 0.4) is 0 Å². The Morgan fingerprint density at radius 3 is 2.31 bits per heavy atom. The molecule has 5 heteroatoms. The van der Waals surface area contributed by atoms with E-state index in [1.807, 2.05) is 6.07 Å². The number of hydrogen-bond donors (Lipinski definition) is 1. The highest BCUT2D eigenvalue weighted by Crippen LogP contribution is 2.17. The molecule has 0 aliphatic rings. The molecule has 0 saturated carbocycles. The summed E-state index contributed by atoms with van der Waals surface area (Å²) in [6.45, 7) is 0. The molecule has 0 saturated heterocycles. The lowest BCUT2D eigenvalue weighted by Gasteiger charge is -2.00. The molecule has 68 valence electrons. The maximum absolute atomic E-state index is 9.38. The topological polar surface area (TPSA) is 50.9 Å². The largest absolute Gasteiger partial charge is 0.506 e. The molecule has 0 amide bonds. The summed E-state index contributed by atoms with van der Waals surface area (Å²) in [5.41, 5.74) is 0.586. The van der Waals surface area contributed by atoms with Gasteiger partial charge in [0.1, 0.15) is 11.4 Å². The van der Waals surface area contributed by atoms with Gasteiger partial charge in [-0.1, -0.05) is 12.1 Å². The number of phenolic OH excluding ortho intramolecular Hbond substituents is 1. The molecule has 0 atom stereocenters. The van der Waals surface area contributed by atoms with Gasteiger partial charge in [0.2, 0.25) is 0 Å². The zero-order valence-electron chi connectivity index (χ0n) is 6.66. The van der Waals surface area contributed by atoms with Gasteiger partial charge in [-0.3, -0.25) is 0 Å². The Labute approximate surface area is 81.2 Å². The Morgan fingerprint density at radius 2 is 1.69 bits per heavy atom. The molecule has 0 aliphatic heterocycles. The summed E-state index contributed by atoms with van der Waals surface area (Å²) in [6.07, 6.45) is 3.12. The first-order valence-electron chi connectivity index (χ1n) is 3.52. The third-order valence-electron chi connectivity index (χ3n) is 1.52. The summed E-state index contributed by atoms with van der Waals surface area (Å²) in [5.74, 6) is 0.175. The quantitative estimate of drug-likeness (QED) is 0.752. The maximum Gasteiger partial charge on any atom is 0.143 e. The van der Waals surface area contributed by atoms with Crippen LogP contribution in [0.4, 0.5) is 0 Å². The molecule has 1 heterocycles. The highest BCUT2D eigenvalue weighted by atomic mass is 35.5. The molecule has 2 rings (SSSR count). The second-order valence-corrected chi connectivity index (χ2v) is 2.31. The van der Waals surface area contributed by atoms with E-state index < -0.39 is 0 Å². The number of rotatable bonds is 1.